The molecular weight excluding hydrogens is 369 g/mol. The van der Waals surface area contributed by atoms with Crippen LogP contribution in [0.3, 0.4) is 0 Å². The predicted molar refractivity (Wildman–Crippen MR) is 102 cm³/mol. The van der Waals surface area contributed by atoms with E-state index in [0.29, 0.717) is 12.0 Å². The van der Waals surface area contributed by atoms with Gasteiger partial charge >= 0.3 is 6.18 Å². The highest BCUT2D eigenvalue weighted by Crippen LogP contribution is 2.38. The summed E-state index contributed by atoms with van der Waals surface area (Å²) in [4.78, 5) is 15.1. The van der Waals surface area contributed by atoms with Gasteiger partial charge < -0.3 is 10.1 Å². The number of benzene rings is 1. The molecule has 0 aliphatic heterocycles. The fourth-order valence-electron chi connectivity index (χ4n) is 2.62. The molecule has 1 atom stereocenters. The van der Waals surface area contributed by atoms with Crippen LogP contribution >= 0.6 is 0 Å². The van der Waals surface area contributed by atoms with Crippen LogP contribution in [0.2, 0.25) is 0 Å². The number of nitrogens with one attached hydrogen (secondary N) is 1. The molecule has 0 saturated carbocycles. The first-order chi connectivity index (χ1) is 13.2. The van der Waals surface area contributed by atoms with E-state index >= 15 is 0 Å². The number of pyridine rings is 1. The van der Waals surface area contributed by atoms with Gasteiger partial charge in [-0.25, -0.2) is 4.98 Å². The second-order valence-electron chi connectivity index (χ2n) is 6.46. The minimum atomic E-state index is -4.51. The van der Waals surface area contributed by atoms with E-state index in [1.54, 1.807) is 24.3 Å². The van der Waals surface area contributed by atoms with Gasteiger partial charge in [0.1, 0.15) is 5.75 Å². The monoisotopic (exact) mass is 392 g/mol. The molecule has 0 spiro atoms. The van der Waals surface area contributed by atoms with Gasteiger partial charge in [-0.1, -0.05) is 31.6 Å². The van der Waals surface area contributed by atoms with Gasteiger partial charge in [0.15, 0.2) is 0 Å². The quantitative estimate of drug-likeness (QED) is 0.688. The first-order valence-corrected chi connectivity index (χ1v) is 8.98. The molecule has 0 saturated heterocycles. The first-order valence-electron chi connectivity index (χ1n) is 8.98. The number of nitrogens with zero attached hydrogens (tertiary/aromatic N) is 1. The maximum absolute atomic E-state index is 13.4. The smallest absolute Gasteiger partial charge is 0.419 e. The number of hydrogen-bond donors (Lipinski definition) is 1. The zero-order valence-electron chi connectivity index (χ0n) is 16.0. The van der Waals surface area contributed by atoms with E-state index in [4.69, 9.17) is 4.74 Å². The molecule has 1 aromatic heterocycles. The van der Waals surface area contributed by atoms with E-state index in [1.807, 2.05) is 13.8 Å². The van der Waals surface area contributed by atoms with Crippen LogP contribution in [0.25, 0.3) is 6.08 Å². The Morgan fingerprint density at radius 1 is 1.29 bits per heavy atom. The summed E-state index contributed by atoms with van der Waals surface area (Å²) in [6.45, 7) is 5.17. The summed E-state index contributed by atoms with van der Waals surface area (Å²) in [6.07, 6.45) is 1.85. The van der Waals surface area contributed by atoms with Crippen molar-refractivity contribution in [1.29, 1.82) is 0 Å². The van der Waals surface area contributed by atoms with Crippen molar-refractivity contribution in [3.05, 3.63) is 59.3 Å². The van der Waals surface area contributed by atoms with Crippen LogP contribution in [-0.2, 0) is 17.4 Å². The summed E-state index contributed by atoms with van der Waals surface area (Å²) < 4.78 is 45.5. The molecule has 1 amide bonds. The maximum Gasteiger partial charge on any atom is 0.419 e. The molecule has 0 aliphatic rings. The summed E-state index contributed by atoms with van der Waals surface area (Å²) in [5, 5.41) is 2.71. The molecule has 1 aromatic carbocycles. The number of aromatic nitrogens is 1. The Hall–Kier alpha value is -2.83. The molecule has 4 nitrogen and oxygen atoms in total. The van der Waals surface area contributed by atoms with Gasteiger partial charge in [-0.2, -0.15) is 13.2 Å². The van der Waals surface area contributed by atoms with Crippen molar-refractivity contribution in [2.45, 2.75) is 45.8 Å². The number of rotatable bonds is 7. The van der Waals surface area contributed by atoms with Crippen LogP contribution in [0.15, 0.2) is 42.6 Å². The van der Waals surface area contributed by atoms with E-state index in [9.17, 15) is 18.0 Å². The number of amides is 1. The third-order valence-corrected chi connectivity index (χ3v) is 3.87. The molecule has 1 N–H and O–H groups in total. The third-order valence-electron chi connectivity index (χ3n) is 3.87. The molecule has 0 aliphatic carbocycles. The standard InChI is InChI=1S/C21H23F3N2O2/c1-4-5-16-8-10-19(18(12-16)21(22,23)24)28-20-11-9-17(13-25-20)7-6-14(2)26-15(3)27/h6-14H,4-5H2,1-3H3,(H,26,27)/b7-6+/t14-/m0/s1. The highest BCUT2D eigenvalue weighted by Gasteiger charge is 2.35. The van der Waals surface area contributed by atoms with Gasteiger partial charge in [-0.15, -0.1) is 0 Å². The van der Waals surface area contributed by atoms with E-state index in [1.165, 1.54) is 25.3 Å². The molecule has 0 unspecified atom stereocenters. The largest absolute Gasteiger partial charge is 0.438 e. The molecule has 2 aromatic rings. The summed E-state index contributed by atoms with van der Waals surface area (Å²) in [5.41, 5.74) is 0.538. The van der Waals surface area contributed by atoms with Crippen LogP contribution in [0.5, 0.6) is 11.6 Å². The molecule has 28 heavy (non-hydrogen) atoms. The SMILES string of the molecule is CCCc1ccc(Oc2ccc(/C=C/[C@H](C)NC(C)=O)cn2)c(C(F)(F)F)c1. The van der Waals surface area contributed by atoms with E-state index in [-0.39, 0.29) is 23.6 Å². The number of hydrogen-bond acceptors (Lipinski definition) is 3. The maximum atomic E-state index is 13.4. The van der Waals surface area contributed by atoms with Crippen molar-refractivity contribution in [3.63, 3.8) is 0 Å². The van der Waals surface area contributed by atoms with E-state index in [0.717, 1.165) is 18.1 Å². The third kappa shape index (κ3) is 6.40. The Morgan fingerprint density at radius 3 is 2.61 bits per heavy atom. The number of halogens is 3. The molecule has 0 radical (unpaired) electrons. The summed E-state index contributed by atoms with van der Waals surface area (Å²) in [5.74, 6) is -0.340. The Balaban J connectivity index is 2.15. The minimum absolute atomic E-state index is 0.0702. The number of carbonyl (C=O) groups excluding carboxylic acids is 1. The van der Waals surface area contributed by atoms with Gasteiger partial charge in [0.05, 0.1) is 5.56 Å². The Labute approximate surface area is 162 Å². The lowest BCUT2D eigenvalue weighted by molar-refractivity contribution is -0.138. The van der Waals surface area contributed by atoms with Gasteiger partial charge in [-0.3, -0.25) is 4.79 Å². The lowest BCUT2D eigenvalue weighted by atomic mass is 10.1. The fraction of sp³-hybridized carbons (Fsp3) is 0.333. The highest BCUT2D eigenvalue weighted by molar-refractivity contribution is 5.73. The topological polar surface area (TPSA) is 51.2 Å². The van der Waals surface area contributed by atoms with E-state index < -0.39 is 11.7 Å². The Kier molecular flexibility index (Phi) is 7.20. The fourth-order valence-corrected chi connectivity index (χ4v) is 2.62. The van der Waals surface area contributed by atoms with Crippen molar-refractivity contribution in [2.24, 2.45) is 0 Å². The van der Waals surface area contributed by atoms with Crippen molar-refractivity contribution < 1.29 is 22.7 Å². The number of aryl methyl sites for hydroxylation is 1. The minimum Gasteiger partial charge on any atom is -0.438 e. The predicted octanol–water partition coefficient (Wildman–Crippen LogP) is 5.38. The summed E-state index contributed by atoms with van der Waals surface area (Å²) in [7, 11) is 0. The average molecular weight is 392 g/mol. The van der Waals surface area contributed by atoms with Crippen molar-refractivity contribution in [3.8, 4) is 11.6 Å². The molecule has 0 fully saturated rings. The lowest BCUT2D eigenvalue weighted by Gasteiger charge is -2.14. The van der Waals surface area contributed by atoms with Gasteiger partial charge in [0, 0.05) is 25.2 Å². The number of alkyl halides is 3. The first kappa shape index (κ1) is 21.5. The van der Waals surface area contributed by atoms with Gasteiger partial charge in [-0.05, 0) is 42.7 Å². The van der Waals surface area contributed by atoms with Crippen molar-refractivity contribution in [2.75, 3.05) is 0 Å². The van der Waals surface area contributed by atoms with Crippen LogP contribution < -0.4 is 10.1 Å². The summed E-state index contributed by atoms with van der Waals surface area (Å²) >= 11 is 0. The molecule has 150 valence electrons. The molecule has 7 heteroatoms. The van der Waals surface area contributed by atoms with Gasteiger partial charge in [0.2, 0.25) is 11.8 Å². The number of carbonyl (C=O) groups is 1. The second kappa shape index (κ2) is 9.39. The van der Waals surface area contributed by atoms with Crippen LogP contribution in [-0.4, -0.2) is 16.9 Å². The van der Waals surface area contributed by atoms with Gasteiger partial charge in [0.25, 0.3) is 0 Å². The van der Waals surface area contributed by atoms with Crippen LogP contribution in [0.1, 0.15) is 43.9 Å². The van der Waals surface area contributed by atoms with Crippen molar-refractivity contribution in [1.82, 2.24) is 10.3 Å². The molecule has 1 heterocycles. The average Bonchev–Trinajstić information content (AvgIpc) is 2.61. The molecule has 2 rings (SSSR count). The normalized spacial score (nSPS) is 12.8. The highest BCUT2D eigenvalue weighted by atomic mass is 19.4. The molecular formula is C21H23F3N2O2. The van der Waals surface area contributed by atoms with Crippen LogP contribution in [0, 0.1) is 0 Å². The second-order valence-corrected chi connectivity index (χ2v) is 6.46. The molecule has 0 bridgehead atoms. The zero-order valence-corrected chi connectivity index (χ0v) is 16.0. The number of ether oxygens (including phenoxy) is 1. The Bertz CT molecular complexity index is 831. The van der Waals surface area contributed by atoms with E-state index in [2.05, 4.69) is 10.3 Å². The lowest BCUT2D eigenvalue weighted by Crippen LogP contribution is -2.28. The zero-order chi connectivity index (χ0) is 20.7. The van der Waals surface area contributed by atoms with Crippen LogP contribution in [0.4, 0.5) is 13.2 Å². The Morgan fingerprint density at radius 2 is 2.04 bits per heavy atom. The van der Waals surface area contributed by atoms with Crippen molar-refractivity contribution >= 4 is 12.0 Å². The summed E-state index contributed by atoms with van der Waals surface area (Å²) in [6, 6.07) is 7.12.